The highest BCUT2D eigenvalue weighted by molar-refractivity contribution is 6.33. The molecule has 4 nitrogen and oxygen atoms in total. The highest BCUT2D eigenvalue weighted by Crippen LogP contribution is 2.33. The van der Waals surface area contributed by atoms with Crippen molar-refractivity contribution in [1.82, 2.24) is 9.88 Å². The monoisotopic (exact) mass is 334 g/mol. The van der Waals surface area contributed by atoms with E-state index in [1.165, 1.54) is 12.1 Å². The van der Waals surface area contributed by atoms with Crippen LogP contribution in [0.3, 0.4) is 0 Å². The highest BCUT2D eigenvalue weighted by atomic mass is 35.5. The van der Waals surface area contributed by atoms with E-state index in [9.17, 15) is 9.18 Å². The maximum absolute atomic E-state index is 13.2. The SMILES string of the molecule is CN(C(=O)c1ccc(F)cc1Cl)[C@H]1CCO[C@@H]1c1cccnc1. The van der Waals surface area contributed by atoms with Crippen LogP contribution in [0.1, 0.15) is 28.4 Å². The van der Waals surface area contributed by atoms with Gasteiger partial charge in [-0.15, -0.1) is 0 Å². The first kappa shape index (κ1) is 15.9. The zero-order valence-corrected chi connectivity index (χ0v) is 13.3. The van der Waals surface area contributed by atoms with Crippen molar-refractivity contribution in [2.24, 2.45) is 0 Å². The summed E-state index contributed by atoms with van der Waals surface area (Å²) in [4.78, 5) is 18.4. The number of amides is 1. The summed E-state index contributed by atoms with van der Waals surface area (Å²) >= 11 is 6.00. The third kappa shape index (κ3) is 3.21. The Morgan fingerprint density at radius 3 is 2.96 bits per heavy atom. The molecule has 2 heterocycles. The molecular formula is C17H16ClFN2O2. The smallest absolute Gasteiger partial charge is 0.255 e. The number of likely N-dealkylation sites (N-methyl/N-ethyl adjacent to an activating group) is 1. The number of pyridine rings is 1. The molecule has 1 aromatic heterocycles. The van der Waals surface area contributed by atoms with Gasteiger partial charge >= 0.3 is 0 Å². The molecule has 2 atom stereocenters. The lowest BCUT2D eigenvalue weighted by atomic mass is 10.0. The van der Waals surface area contributed by atoms with Crippen LogP contribution in [0.4, 0.5) is 4.39 Å². The fourth-order valence-electron chi connectivity index (χ4n) is 2.84. The second kappa shape index (κ2) is 6.64. The number of halogens is 2. The lowest BCUT2D eigenvalue weighted by molar-refractivity contribution is 0.0515. The Kier molecular flexibility index (Phi) is 4.59. The third-order valence-corrected chi connectivity index (χ3v) is 4.37. The molecule has 1 fully saturated rings. The molecule has 2 aromatic rings. The summed E-state index contributed by atoms with van der Waals surface area (Å²) in [6, 6.07) is 7.44. The molecule has 0 radical (unpaired) electrons. The Labute approximate surface area is 138 Å². The van der Waals surface area contributed by atoms with E-state index < -0.39 is 5.82 Å². The molecule has 6 heteroatoms. The van der Waals surface area contributed by atoms with Gasteiger partial charge in [0.2, 0.25) is 0 Å². The van der Waals surface area contributed by atoms with Gasteiger partial charge in [0.05, 0.1) is 16.6 Å². The van der Waals surface area contributed by atoms with Gasteiger partial charge in [-0.1, -0.05) is 17.7 Å². The van der Waals surface area contributed by atoms with Crippen molar-refractivity contribution < 1.29 is 13.9 Å². The van der Waals surface area contributed by atoms with E-state index in [4.69, 9.17) is 16.3 Å². The molecule has 23 heavy (non-hydrogen) atoms. The molecule has 3 rings (SSSR count). The Hall–Kier alpha value is -1.98. The minimum Gasteiger partial charge on any atom is -0.371 e. The molecule has 0 unspecified atom stereocenters. The fourth-order valence-corrected chi connectivity index (χ4v) is 3.09. The van der Waals surface area contributed by atoms with Gasteiger partial charge < -0.3 is 9.64 Å². The van der Waals surface area contributed by atoms with Crippen LogP contribution in [0.15, 0.2) is 42.7 Å². The van der Waals surface area contributed by atoms with Crippen molar-refractivity contribution in [2.45, 2.75) is 18.6 Å². The van der Waals surface area contributed by atoms with Gasteiger partial charge in [-0.25, -0.2) is 4.39 Å². The summed E-state index contributed by atoms with van der Waals surface area (Å²) in [5, 5.41) is 0.110. The van der Waals surface area contributed by atoms with Crippen molar-refractivity contribution in [3.05, 3.63) is 64.7 Å². The second-order valence-electron chi connectivity index (χ2n) is 5.47. The van der Waals surface area contributed by atoms with Gasteiger partial charge in [0.1, 0.15) is 11.9 Å². The predicted molar refractivity (Wildman–Crippen MR) is 84.8 cm³/mol. The summed E-state index contributed by atoms with van der Waals surface area (Å²) < 4.78 is 18.9. The van der Waals surface area contributed by atoms with E-state index >= 15 is 0 Å². The lowest BCUT2D eigenvalue weighted by Crippen LogP contribution is -2.39. The van der Waals surface area contributed by atoms with Crippen molar-refractivity contribution in [2.75, 3.05) is 13.7 Å². The molecule has 0 aliphatic carbocycles. The number of hydrogen-bond acceptors (Lipinski definition) is 3. The fraction of sp³-hybridized carbons (Fsp3) is 0.294. The summed E-state index contributed by atoms with van der Waals surface area (Å²) in [6.07, 6.45) is 3.94. The molecule has 0 spiro atoms. The summed E-state index contributed by atoms with van der Waals surface area (Å²) in [7, 11) is 1.71. The number of rotatable bonds is 3. The molecule has 1 saturated heterocycles. The van der Waals surface area contributed by atoms with Crippen molar-refractivity contribution in [3.63, 3.8) is 0 Å². The first-order valence-corrected chi connectivity index (χ1v) is 7.69. The number of carbonyl (C=O) groups is 1. The summed E-state index contributed by atoms with van der Waals surface area (Å²) in [6.45, 7) is 0.568. The molecule has 120 valence electrons. The van der Waals surface area contributed by atoms with Crippen LogP contribution in [0.5, 0.6) is 0 Å². The molecule has 0 saturated carbocycles. The quantitative estimate of drug-likeness (QED) is 0.863. The van der Waals surface area contributed by atoms with Gasteiger partial charge in [0.15, 0.2) is 0 Å². The number of nitrogens with zero attached hydrogens (tertiary/aromatic N) is 2. The Balaban J connectivity index is 1.84. The topological polar surface area (TPSA) is 42.4 Å². The number of ether oxygens (including phenoxy) is 1. The van der Waals surface area contributed by atoms with Crippen LogP contribution in [0.25, 0.3) is 0 Å². The first-order chi connectivity index (χ1) is 11.1. The number of hydrogen-bond donors (Lipinski definition) is 0. The maximum atomic E-state index is 13.2. The second-order valence-corrected chi connectivity index (χ2v) is 5.88. The zero-order valence-electron chi connectivity index (χ0n) is 12.6. The van der Waals surface area contributed by atoms with E-state index in [0.29, 0.717) is 6.61 Å². The zero-order chi connectivity index (χ0) is 16.4. The Morgan fingerprint density at radius 1 is 1.43 bits per heavy atom. The van der Waals surface area contributed by atoms with Gasteiger partial charge in [0, 0.05) is 31.6 Å². The van der Waals surface area contributed by atoms with E-state index in [0.717, 1.165) is 18.1 Å². The molecule has 1 aromatic carbocycles. The Morgan fingerprint density at radius 2 is 2.26 bits per heavy atom. The van der Waals surface area contributed by atoms with Crippen molar-refractivity contribution in [3.8, 4) is 0 Å². The summed E-state index contributed by atoms with van der Waals surface area (Å²) in [5.74, 6) is -0.717. The Bertz CT molecular complexity index is 711. The lowest BCUT2D eigenvalue weighted by Gasteiger charge is -2.29. The third-order valence-electron chi connectivity index (χ3n) is 4.05. The normalized spacial score (nSPS) is 20.5. The van der Waals surface area contributed by atoms with Gasteiger partial charge in [0.25, 0.3) is 5.91 Å². The minimum atomic E-state index is -0.466. The molecule has 1 aliphatic heterocycles. The number of benzene rings is 1. The van der Waals surface area contributed by atoms with Gasteiger partial charge in [-0.3, -0.25) is 9.78 Å². The predicted octanol–water partition coefficient (Wildman–Crippen LogP) is 3.48. The average molecular weight is 335 g/mol. The van der Waals surface area contributed by atoms with Crippen molar-refractivity contribution in [1.29, 1.82) is 0 Å². The van der Waals surface area contributed by atoms with Crippen LogP contribution < -0.4 is 0 Å². The van der Waals surface area contributed by atoms with Crippen LogP contribution in [-0.4, -0.2) is 35.5 Å². The molecule has 1 amide bonds. The first-order valence-electron chi connectivity index (χ1n) is 7.31. The minimum absolute atomic E-state index is 0.110. The van der Waals surface area contributed by atoms with Crippen LogP contribution in [0, 0.1) is 5.82 Å². The van der Waals surface area contributed by atoms with Crippen LogP contribution in [0.2, 0.25) is 5.02 Å². The van der Waals surface area contributed by atoms with Crippen LogP contribution in [-0.2, 0) is 4.74 Å². The molecule has 0 bridgehead atoms. The van der Waals surface area contributed by atoms with Crippen molar-refractivity contribution >= 4 is 17.5 Å². The standard InChI is InChI=1S/C17H16ClFN2O2/c1-21(17(22)13-5-4-12(19)9-14(13)18)15-6-8-23-16(15)11-3-2-7-20-10-11/h2-5,7,9-10,15-16H,6,8H2,1H3/t15-,16+/m0/s1. The van der Waals surface area contributed by atoms with E-state index in [2.05, 4.69) is 4.98 Å². The van der Waals surface area contributed by atoms with Gasteiger partial charge in [-0.05, 0) is 30.7 Å². The molecular weight excluding hydrogens is 319 g/mol. The van der Waals surface area contributed by atoms with E-state index in [-0.39, 0.29) is 28.6 Å². The van der Waals surface area contributed by atoms with Gasteiger partial charge in [-0.2, -0.15) is 0 Å². The van der Waals surface area contributed by atoms with E-state index in [1.54, 1.807) is 24.3 Å². The molecule has 1 aliphatic rings. The largest absolute Gasteiger partial charge is 0.371 e. The number of aromatic nitrogens is 1. The van der Waals surface area contributed by atoms with Crippen LogP contribution >= 0.6 is 11.6 Å². The number of carbonyl (C=O) groups excluding carboxylic acids is 1. The van der Waals surface area contributed by atoms with E-state index in [1.807, 2.05) is 12.1 Å². The highest BCUT2D eigenvalue weighted by Gasteiger charge is 2.35. The summed E-state index contributed by atoms with van der Waals surface area (Å²) in [5.41, 5.74) is 1.22. The molecule has 0 N–H and O–H groups in total. The maximum Gasteiger partial charge on any atom is 0.255 e. The average Bonchev–Trinajstić information content (AvgIpc) is 3.04.